The molecule has 15 unspecified atom stereocenters. The van der Waals surface area contributed by atoms with Crippen molar-refractivity contribution in [3.8, 4) is 0 Å². The van der Waals surface area contributed by atoms with E-state index in [0.717, 1.165) is 29.6 Å². The second-order valence-electron chi connectivity index (χ2n) is 16.5. The number of esters is 1. The van der Waals surface area contributed by atoms with Crippen molar-refractivity contribution >= 4 is 5.97 Å². The molecule has 2 saturated heterocycles. The van der Waals surface area contributed by atoms with E-state index in [1.807, 2.05) is 58.9 Å². The van der Waals surface area contributed by atoms with E-state index in [4.69, 9.17) is 33.2 Å². The van der Waals surface area contributed by atoms with E-state index in [-0.39, 0.29) is 43.8 Å². The maximum absolute atomic E-state index is 13.7. The van der Waals surface area contributed by atoms with E-state index in [9.17, 15) is 30.3 Å². The number of allylic oxidation sites excluding steroid dienone is 7. The van der Waals surface area contributed by atoms with Crippen LogP contribution >= 0.6 is 0 Å². The summed E-state index contributed by atoms with van der Waals surface area (Å²) in [4.78, 5) is 13.7. The van der Waals surface area contributed by atoms with Gasteiger partial charge in [0.15, 0.2) is 12.1 Å². The average Bonchev–Trinajstić information content (AvgIpc) is 3.14. The van der Waals surface area contributed by atoms with Crippen LogP contribution in [0.5, 0.6) is 0 Å². The molecule has 0 aliphatic carbocycles. The lowest BCUT2D eigenvalue weighted by Crippen LogP contribution is -2.59. The lowest BCUT2D eigenvalue weighted by Gasteiger charge is -2.49. The summed E-state index contributed by atoms with van der Waals surface area (Å²) in [6.07, 6.45) is 5.31. The molecule has 3 aliphatic heterocycles. The molecule has 2 fully saturated rings. The van der Waals surface area contributed by atoms with E-state index in [0.29, 0.717) is 12.0 Å². The van der Waals surface area contributed by atoms with Crippen LogP contribution in [0.3, 0.4) is 0 Å². The maximum atomic E-state index is 13.7. The van der Waals surface area contributed by atoms with Gasteiger partial charge in [0.1, 0.15) is 24.4 Å². The van der Waals surface area contributed by atoms with E-state index >= 15 is 0 Å². The molecular weight excluding hydrogens is 736 g/mol. The molecular formula is C44H72O13. The Morgan fingerprint density at radius 1 is 0.930 bits per heavy atom. The molecule has 0 radical (unpaired) electrons. The molecule has 15 atom stereocenters. The molecule has 0 aromatic heterocycles. The topological polar surface area (TPSA) is 183 Å². The van der Waals surface area contributed by atoms with E-state index in [1.54, 1.807) is 34.0 Å². The van der Waals surface area contributed by atoms with Gasteiger partial charge in [0.25, 0.3) is 0 Å². The van der Waals surface area contributed by atoms with Crippen molar-refractivity contribution in [3.63, 3.8) is 0 Å². The Morgan fingerprint density at radius 3 is 2.28 bits per heavy atom. The van der Waals surface area contributed by atoms with Crippen LogP contribution in [-0.2, 0) is 38.0 Å². The fourth-order valence-electron chi connectivity index (χ4n) is 8.11. The summed E-state index contributed by atoms with van der Waals surface area (Å²) in [5, 5.41) is 55.3. The van der Waals surface area contributed by atoms with Gasteiger partial charge in [-0.25, -0.2) is 4.79 Å². The summed E-state index contributed by atoms with van der Waals surface area (Å²) in [6, 6.07) is 0. The first-order chi connectivity index (χ1) is 26.8. The minimum atomic E-state index is -1.86. The molecule has 57 heavy (non-hydrogen) atoms. The zero-order valence-corrected chi connectivity index (χ0v) is 36.0. The minimum absolute atomic E-state index is 0.0855. The Kier molecular flexibility index (Phi) is 19.7. The summed E-state index contributed by atoms with van der Waals surface area (Å²) >= 11 is 0. The van der Waals surface area contributed by atoms with Gasteiger partial charge in [-0.15, -0.1) is 0 Å². The SMILES string of the molecule is COCC(O)CC1OC(O)(CC2CC(OC)CCCC=C(C)C=CC(OC3OC(C)C(OC)C(O)C3O)C(C)C=C(C)C=C(C)C=C(C)C(=O)O2)C(C)C(O)C1C. The molecule has 5 N–H and O–H groups in total. The molecule has 3 heterocycles. The van der Waals surface area contributed by atoms with E-state index < -0.39 is 78.9 Å². The highest BCUT2D eigenvalue weighted by Gasteiger charge is 2.51. The number of rotatable bonds is 10. The molecule has 326 valence electrons. The number of methoxy groups -OCH3 is 3. The number of hydrogen-bond acceptors (Lipinski definition) is 13. The Labute approximate surface area is 340 Å². The normalized spacial score (nSPS) is 38.9. The van der Waals surface area contributed by atoms with Gasteiger partial charge >= 0.3 is 5.97 Å². The van der Waals surface area contributed by atoms with Crippen LogP contribution in [-0.4, -0.2) is 133 Å². The Balaban J connectivity index is 1.93. The highest BCUT2D eigenvalue weighted by molar-refractivity contribution is 5.88. The number of aliphatic hydroxyl groups is 5. The highest BCUT2D eigenvalue weighted by Crippen LogP contribution is 2.41. The van der Waals surface area contributed by atoms with Gasteiger partial charge in [-0.1, -0.05) is 67.9 Å². The monoisotopic (exact) mass is 808 g/mol. The minimum Gasteiger partial charge on any atom is -0.459 e. The molecule has 13 nitrogen and oxygen atoms in total. The lowest BCUT2D eigenvalue weighted by molar-refractivity contribution is -0.329. The quantitative estimate of drug-likeness (QED) is 0.189. The number of carbonyl (C=O) groups is 1. The van der Waals surface area contributed by atoms with Crippen molar-refractivity contribution in [1.29, 1.82) is 0 Å². The smallest absolute Gasteiger partial charge is 0.333 e. The molecule has 0 aromatic carbocycles. The summed E-state index contributed by atoms with van der Waals surface area (Å²) in [6.45, 7) is 14.9. The van der Waals surface area contributed by atoms with Gasteiger partial charge < -0.3 is 58.7 Å². The summed E-state index contributed by atoms with van der Waals surface area (Å²) in [5.74, 6) is -3.69. The van der Waals surface area contributed by atoms with Gasteiger partial charge in [-0.3, -0.25) is 0 Å². The van der Waals surface area contributed by atoms with Crippen LogP contribution in [0.2, 0.25) is 0 Å². The number of carbonyl (C=O) groups excluding carboxylic acids is 1. The molecule has 0 saturated carbocycles. The number of aliphatic hydroxyl groups excluding tert-OH is 4. The number of ether oxygens (including phenoxy) is 7. The molecule has 0 aromatic rings. The van der Waals surface area contributed by atoms with E-state index in [1.165, 1.54) is 14.2 Å². The summed E-state index contributed by atoms with van der Waals surface area (Å²) in [7, 11) is 4.56. The van der Waals surface area contributed by atoms with Gasteiger partial charge in [-0.2, -0.15) is 0 Å². The largest absolute Gasteiger partial charge is 0.459 e. The third-order valence-electron chi connectivity index (χ3n) is 11.6. The van der Waals surface area contributed by atoms with Gasteiger partial charge in [0, 0.05) is 63.9 Å². The fraction of sp³-hybridized carbons (Fsp3) is 0.750. The van der Waals surface area contributed by atoms with Crippen LogP contribution in [0, 0.1) is 17.8 Å². The Bertz CT molecular complexity index is 1420. The van der Waals surface area contributed by atoms with Crippen molar-refractivity contribution in [3.05, 3.63) is 58.7 Å². The van der Waals surface area contributed by atoms with Crippen LogP contribution in [0.1, 0.15) is 93.9 Å². The van der Waals surface area contributed by atoms with Crippen LogP contribution in [0.4, 0.5) is 0 Å². The lowest BCUT2D eigenvalue weighted by atomic mass is 9.77. The average molecular weight is 809 g/mol. The molecule has 0 spiro atoms. The third-order valence-corrected chi connectivity index (χ3v) is 11.6. The third kappa shape index (κ3) is 14.2. The predicted octanol–water partition coefficient (Wildman–Crippen LogP) is 4.84. The molecule has 0 amide bonds. The van der Waals surface area contributed by atoms with Gasteiger partial charge in [0.2, 0.25) is 0 Å². The Hall–Kier alpha value is -2.27. The number of hydrogen-bond donors (Lipinski definition) is 5. The predicted molar refractivity (Wildman–Crippen MR) is 216 cm³/mol. The molecule has 3 rings (SSSR count). The second kappa shape index (κ2) is 22.9. The first-order valence-electron chi connectivity index (χ1n) is 20.4. The zero-order valence-electron chi connectivity index (χ0n) is 36.0. The van der Waals surface area contributed by atoms with Crippen molar-refractivity contribution in [2.45, 2.75) is 167 Å². The second-order valence-corrected chi connectivity index (χ2v) is 16.5. The van der Waals surface area contributed by atoms with Gasteiger partial charge in [0.05, 0.1) is 43.2 Å². The zero-order chi connectivity index (χ0) is 42.6. The standard InChI is InChI=1S/C44H72O13/c1-25-14-12-13-15-34(52-10)22-35(23-44(50)31(7)38(46)30(6)37(57-44)21-33(45)24-51-9)55-42(49)29(5)20-27(3)18-26(2)19-28(4)36(17-16-25)56-43-40(48)39(47)41(53-11)32(8)54-43/h14,16-20,28,30-41,43,45-48,50H,12-13,15,21-24H2,1-11H3. The van der Waals surface area contributed by atoms with Gasteiger partial charge in [-0.05, 0) is 60.0 Å². The van der Waals surface area contributed by atoms with Crippen molar-refractivity contribution in [2.75, 3.05) is 27.9 Å². The first-order valence-corrected chi connectivity index (χ1v) is 20.4. The molecule has 3 aliphatic rings. The fourth-order valence-corrected chi connectivity index (χ4v) is 8.11. The van der Waals surface area contributed by atoms with E-state index in [2.05, 4.69) is 6.08 Å². The van der Waals surface area contributed by atoms with Crippen LogP contribution in [0.25, 0.3) is 0 Å². The van der Waals surface area contributed by atoms with Crippen molar-refractivity contribution in [2.24, 2.45) is 17.8 Å². The van der Waals surface area contributed by atoms with Crippen molar-refractivity contribution in [1.82, 2.24) is 0 Å². The number of cyclic esters (lactones) is 1. The van der Waals surface area contributed by atoms with Crippen LogP contribution in [0.15, 0.2) is 58.7 Å². The maximum Gasteiger partial charge on any atom is 0.333 e. The Morgan fingerprint density at radius 2 is 1.63 bits per heavy atom. The van der Waals surface area contributed by atoms with Crippen LogP contribution < -0.4 is 0 Å². The summed E-state index contributed by atoms with van der Waals surface area (Å²) < 4.78 is 41.1. The highest BCUT2D eigenvalue weighted by atomic mass is 16.7. The summed E-state index contributed by atoms with van der Waals surface area (Å²) in [5.41, 5.74) is 3.06. The first kappa shape index (κ1) is 49.1. The van der Waals surface area contributed by atoms with Crippen molar-refractivity contribution < 1.29 is 63.5 Å². The molecule has 13 heteroatoms. The molecule has 0 bridgehead atoms.